The van der Waals surface area contributed by atoms with E-state index in [1.165, 1.54) is 27.8 Å². The molecule has 0 aliphatic carbocycles. The predicted molar refractivity (Wildman–Crippen MR) is 89.0 cm³/mol. The van der Waals surface area contributed by atoms with E-state index in [1.54, 1.807) is 14.2 Å². The molecule has 0 saturated carbocycles. The highest BCUT2D eigenvalue weighted by Gasteiger charge is 2.25. The molecule has 1 atom stereocenters. The Morgan fingerprint density at radius 3 is 2.27 bits per heavy atom. The Hall–Kier alpha value is -2.00. The number of rotatable bonds is 3. The first kappa shape index (κ1) is 14.9. The molecular formula is C19H23NO2. The molecule has 0 aromatic heterocycles. The molecule has 2 aromatic carbocycles. The van der Waals surface area contributed by atoms with Gasteiger partial charge in [-0.3, -0.25) is 0 Å². The second kappa shape index (κ2) is 6.01. The predicted octanol–water partition coefficient (Wildman–Crippen LogP) is 3.56. The molecule has 116 valence electrons. The average Bonchev–Trinajstić information content (AvgIpc) is 2.53. The van der Waals surface area contributed by atoms with Gasteiger partial charge in [0.05, 0.1) is 20.3 Å². The first-order valence-corrected chi connectivity index (χ1v) is 7.70. The first-order chi connectivity index (χ1) is 10.7. The third kappa shape index (κ3) is 2.46. The van der Waals surface area contributed by atoms with E-state index >= 15 is 0 Å². The lowest BCUT2D eigenvalue weighted by molar-refractivity contribution is 0.353. The highest BCUT2D eigenvalue weighted by atomic mass is 16.5. The second-order valence-electron chi connectivity index (χ2n) is 5.85. The number of hydrogen-bond acceptors (Lipinski definition) is 3. The van der Waals surface area contributed by atoms with Crippen LogP contribution in [-0.2, 0) is 6.42 Å². The zero-order chi connectivity index (χ0) is 15.7. The Morgan fingerprint density at radius 2 is 1.64 bits per heavy atom. The molecule has 0 bridgehead atoms. The van der Waals surface area contributed by atoms with Crippen LogP contribution in [0.15, 0.2) is 30.3 Å². The topological polar surface area (TPSA) is 30.5 Å². The molecule has 3 nitrogen and oxygen atoms in total. The van der Waals surface area contributed by atoms with Gasteiger partial charge in [0, 0.05) is 6.54 Å². The summed E-state index contributed by atoms with van der Waals surface area (Å²) >= 11 is 0. The molecule has 0 fully saturated rings. The monoisotopic (exact) mass is 297 g/mol. The minimum Gasteiger partial charge on any atom is -0.493 e. The molecular weight excluding hydrogens is 274 g/mol. The van der Waals surface area contributed by atoms with Crippen molar-refractivity contribution < 1.29 is 9.47 Å². The van der Waals surface area contributed by atoms with Gasteiger partial charge in [0.1, 0.15) is 0 Å². The molecule has 1 heterocycles. The van der Waals surface area contributed by atoms with Gasteiger partial charge in [0.25, 0.3) is 0 Å². The SMILES string of the molecule is COc1cc2c(cc1OC)C(c1c(C)cccc1C)NCC2. The standard InChI is InChI=1S/C19H23NO2/c1-12-6-5-7-13(2)18(12)19-15-11-17(22-4)16(21-3)10-14(15)8-9-20-19/h5-7,10-11,19-20H,8-9H2,1-4H3. The molecule has 1 aliphatic heterocycles. The third-order valence-corrected chi connectivity index (χ3v) is 4.53. The van der Waals surface area contributed by atoms with Crippen molar-refractivity contribution in [2.45, 2.75) is 26.3 Å². The van der Waals surface area contributed by atoms with E-state index in [2.05, 4.69) is 49.5 Å². The molecule has 22 heavy (non-hydrogen) atoms. The van der Waals surface area contributed by atoms with Gasteiger partial charge in [-0.15, -0.1) is 0 Å². The zero-order valence-corrected chi connectivity index (χ0v) is 13.7. The van der Waals surface area contributed by atoms with Gasteiger partial charge in [-0.05, 0) is 60.2 Å². The molecule has 1 unspecified atom stereocenters. The number of hydrogen-bond donors (Lipinski definition) is 1. The molecule has 2 aromatic rings. The van der Waals surface area contributed by atoms with Gasteiger partial charge in [-0.25, -0.2) is 0 Å². The Balaban J connectivity index is 2.15. The summed E-state index contributed by atoms with van der Waals surface area (Å²) in [4.78, 5) is 0. The molecule has 1 N–H and O–H groups in total. The van der Waals surface area contributed by atoms with Crippen LogP contribution in [-0.4, -0.2) is 20.8 Å². The summed E-state index contributed by atoms with van der Waals surface area (Å²) in [5, 5.41) is 3.67. The molecule has 0 amide bonds. The summed E-state index contributed by atoms with van der Waals surface area (Å²) in [5.41, 5.74) is 6.64. The van der Waals surface area contributed by atoms with Crippen LogP contribution < -0.4 is 14.8 Å². The van der Waals surface area contributed by atoms with Crippen molar-refractivity contribution in [3.05, 3.63) is 58.1 Å². The van der Waals surface area contributed by atoms with Crippen LogP contribution in [0.4, 0.5) is 0 Å². The third-order valence-electron chi connectivity index (χ3n) is 4.53. The van der Waals surface area contributed by atoms with Crippen molar-refractivity contribution in [3.8, 4) is 11.5 Å². The normalized spacial score (nSPS) is 17.0. The van der Waals surface area contributed by atoms with Crippen LogP contribution in [0.1, 0.15) is 33.9 Å². The van der Waals surface area contributed by atoms with Crippen molar-refractivity contribution in [3.63, 3.8) is 0 Å². The van der Waals surface area contributed by atoms with Gasteiger partial charge in [0.2, 0.25) is 0 Å². The maximum absolute atomic E-state index is 5.49. The van der Waals surface area contributed by atoms with E-state index in [-0.39, 0.29) is 6.04 Å². The van der Waals surface area contributed by atoms with Crippen LogP contribution in [0.25, 0.3) is 0 Å². The quantitative estimate of drug-likeness (QED) is 0.939. The van der Waals surface area contributed by atoms with Crippen LogP contribution in [0.5, 0.6) is 11.5 Å². The highest BCUT2D eigenvalue weighted by molar-refractivity contribution is 5.53. The minimum atomic E-state index is 0.213. The number of ether oxygens (including phenoxy) is 2. The van der Waals surface area contributed by atoms with Crippen LogP contribution in [0.2, 0.25) is 0 Å². The van der Waals surface area contributed by atoms with Gasteiger partial charge in [-0.1, -0.05) is 18.2 Å². The first-order valence-electron chi connectivity index (χ1n) is 7.70. The van der Waals surface area contributed by atoms with E-state index in [0.717, 1.165) is 24.5 Å². The van der Waals surface area contributed by atoms with Crippen molar-refractivity contribution in [1.82, 2.24) is 5.32 Å². The van der Waals surface area contributed by atoms with Crippen molar-refractivity contribution >= 4 is 0 Å². The fourth-order valence-corrected chi connectivity index (χ4v) is 3.42. The summed E-state index contributed by atoms with van der Waals surface area (Å²) in [6.45, 7) is 5.33. The van der Waals surface area contributed by atoms with Crippen molar-refractivity contribution in [2.75, 3.05) is 20.8 Å². The van der Waals surface area contributed by atoms with Gasteiger partial charge in [-0.2, -0.15) is 0 Å². The van der Waals surface area contributed by atoms with E-state index < -0.39 is 0 Å². The smallest absolute Gasteiger partial charge is 0.161 e. The summed E-state index contributed by atoms with van der Waals surface area (Å²) in [6, 6.07) is 10.9. The Morgan fingerprint density at radius 1 is 1.00 bits per heavy atom. The fourth-order valence-electron chi connectivity index (χ4n) is 3.42. The molecule has 0 spiro atoms. The lowest BCUT2D eigenvalue weighted by atomic mass is 9.85. The second-order valence-corrected chi connectivity index (χ2v) is 5.85. The van der Waals surface area contributed by atoms with Crippen molar-refractivity contribution in [2.24, 2.45) is 0 Å². The minimum absolute atomic E-state index is 0.213. The Kier molecular flexibility index (Phi) is 4.08. The number of benzene rings is 2. The summed E-state index contributed by atoms with van der Waals surface area (Å²) in [5.74, 6) is 1.60. The molecule has 0 radical (unpaired) electrons. The van der Waals surface area contributed by atoms with Gasteiger partial charge in [0.15, 0.2) is 11.5 Å². The molecule has 0 saturated heterocycles. The number of fused-ring (bicyclic) bond motifs is 1. The molecule has 1 aliphatic rings. The van der Waals surface area contributed by atoms with Gasteiger partial charge < -0.3 is 14.8 Å². The van der Waals surface area contributed by atoms with Crippen LogP contribution >= 0.6 is 0 Å². The van der Waals surface area contributed by atoms with Gasteiger partial charge >= 0.3 is 0 Å². The Bertz CT molecular complexity index is 674. The van der Waals surface area contributed by atoms with E-state index in [4.69, 9.17) is 9.47 Å². The summed E-state index contributed by atoms with van der Waals surface area (Å²) in [7, 11) is 3.38. The van der Waals surface area contributed by atoms with E-state index in [1.807, 2.05) is 0 Å². The lowest BCUT2D eigenvalue weighted by Gasteiger charge is -2.30. The highest BCUT2D eigenvalue weighted by Crippen LogP contribution is 2.38. The van der Waals surface area contributed by atoms with E-state index in [0.29, 0.717) is 0 Å². The van der Waals surface area contributed by atoms with E-state index in [9.17, 15) is 0 Å². The van der Waals surface area contributed by atoms with Crippen molar-refractivity contribution in [1.29, 1.82) is 0 Å². The zero-order valence-electron chi connectivity index (χ0n) is 13.7. The van der Waals surface area contributed by atoms with Crippen LogP contribution in [0, 0.1) is 13.8 Å². The average molecular weight is 297 g/mol. The fraction of sp³-hybridized carbons (Fsp3) is 0.368. The largest absolute Gasteiger partial charge is 0.493 e. The Labute approximate surface area is 132 Å². The lowest BCUT2D eigenvalue weighted by Crippen LogP contribution is -2.31. The molecule has 3 rings (SSSR count). The summed E-state index contributed by atoms with van der Waals surface area (Å²) < 4.78 is 10.9. The summed E-state index contributed by atoms with van der Waals surface area (Å²) in [6.07, 6.45) is 1.01. The van der Waals surface area contributed by atoms with Crippen LogP contribution in [0.3, 0.4) is 0 Å². The molecule has 3 heteroatoms. The maximum atomic E-state index is 5.49. The number of methoxy groups -OCH3 is 2. The number of aryl methyl sites for hydroxylation is 2. The number of nitrogens with one attached hydrogen (secondary N) is 1. The maximum Gasteiger partial charge on any atom is 0.161 e.